The van der Waals surface area contributed by atoms with Crippen LogP contribution in [0, 0.1) is 0 Å². The Labute approximate surface area is 227 Å². The van der Waals surface area contributed by atoms with Crippen molar-refractivity contribution >= 4 is 29.6 Å². The lowest BCUT2D eigenvalue weighted by atomic mass is 9.87. The van der Waals surface area contributed by atoms with E-state index in [9.17, 15) is 9.59 Å². The molecule has 0 fully saturated rings. The topological polar surface area (TPSA) is 79.9 Å². The fourth-order valence-electron chi connectivity index (χ4n) is 4.32. The summed E-state index contributed by atoms with van der Waals surface area (Å²) in [4.78, 5) is 25.9. The van der Waals surface area contributed by atoms with Crippen molar-refractivity contribution < 1.29 is 19.1 Å². The van der Waals surface area contributed by atoms with Gasteiger partial charge in [0.2, 0.25) is 0 Å². The molecule has 2 N–H and O–H groups in total. The number of anilines is 2. The van der Waals surface area contributed by atoms with Crippen LogP contribution in [0.3, 0.4) is 0 Å². The van der Waals surface area contributed by atoms with Crippen LogP contribution in [0.15, 0.2) is 115 Å². The molecule has 1 atom stereocenters. The van der Waals surface area contributed by atoms with Gasteiger partial charge in [0.05, 0.1) is 11.2 Å². The van der Waals surface area contributed by atoms with Crippen molar-refractivity contribution in [2.75, 3.05) is 10.3 Å². The van der Waals surface area contributed by atoms with E-state index in [1.54, 1.807) is 6.07 Å². The first-order chi connectivity index (χ1) is 19.0. The predicted octanol–water partition coefficient (Wildman–Crippen LogP) is 7.03. The van der Waals surface area contributed by atoms with Gasteiger partial charge in [-0.3, -0.25) is 0 Å². The number of hydrazine groups is 1. The number of hydrogen-bond donors (Lipinski definition) is 2. The molecule has 1 aliphatic rings. The first-order valence-electron chi connectivity index (χ1n) is 12.7. The highest BCUT2D eigenvalue weighted by molar-refractivity contribution is 5.92. The van der Waals surface area contributed by atoms with E-state index in [2.05, 4.69) is 35.9 Å². The minimum atomic E-state index is -0.779. The third-order valence-electron chi connectivity index (χ3n) is 6.46. The lowest BCUT2D eigenvalue weighted by Gasteiger charge is -2.34. The minimum Gasteiger partial charge on any atom is -0.443 e. The van der Waals surface area contributed by atoms with Crippen LogP contribution in [0.2, 0.25) is 0 Å². The Morgan fingerprint density at radius 1 is 0.795 bits per heavy atom. The molecule has 4 aromatic carbocycles. The van der Waals surface area contributed by atoms with E-state index in [0.717, 1.165) is 33.0 Å². The first kappa shape index (κ1) is 25.6. The number of fused-ring (bicyclic) bond motifs is 1. The Morgan fingerprint density at radius 3 is 2.03 bits per heavy atom. The van der Waals surface area contributed by atoms with Gasteiger partial charge < -0.3 is 14.8 Å². The SMILES string of the molecule is C[C@@]1(c2ccccc2)C=Cc2cc(N(NC(=O)OCc3ccccc3)C(=O)OCc3ccccc3)ccc2N1. The van der Waals surface area contributed by atoms with E-state index < -0.39 is 12.2 Å². The van der Waals surface area contributed by atoms with Crippen LogP contribution < -0.4 is 15.8 Å². The average molecular weight is 520 g/mol. The molecule has 7 nitrogen and oxygen atoms in total. The van der Waals surface area contributed by atoms with Crippen molar-refractivity contribution in [1.82, 2.24) is 5.43 Å². The molecule has 0 unspecified atom stereocenters. The molecule has 1 aliphatic heterocycles. The molecule has 0 radical (unpaired) electrons. The number of carbonyl (C=O) groups excluding carboxylic acids is 2. The molecule has 4 aromatic rings. The largest absolute Gasteiger partial charge is 0.443 e. The van der Waals surface area contributed by atoms with Crippen LogP contribution in [-0.4, -0.2) is 12.2 Å². The van der Waals surface area contributed by atoms with Gasteiger partial charge in [0.25, 0.3) is 0 Å². The van der Waals surface area contributed by atoms with E-state index >= 15 is 0 Å². The summed E-state index contributed by atoms with van der Waals surface area (Å²) in [5, 5.41) is 4.64. The summed E-state index contributed by atoms with van der Waals surface area (Å²) in [6.45, 7) is 2.22. The number of carbonyl (C=O) groups is 2. The van der Waals surface area contributed by atoms with E-state index in [1.807, 2.05) is 97.1 Å². The Balaban J connectivity index is 1.35. The number of benzene rings is 4. The van der Waals surface area contributed by atoms with Gasteiger partial charge in [-0.15, -0.1) is 0 Å². The number of hydrogen-bond acceptors (Lipinski definition) is 5. The summed E-state index contributed by atoms with van der Waals surface area (Å²) >= 11 is 0. The van der Waals surface area contributed by atoms with Crippen LogP contribution in [0.4, 0.5) is 21.0 Å². The Kier molecular flexibility index (Phi) is 7.59. The van der Waals surface area contributed by atoms with Crippen LogP contribution in [-0.2, 0) is 28.2 Å². The Hall–Kier alpha value is -5.04. The number of ether oxygens (including phenoxy) is 2. The second-order valence-electron chi connectivity index (χ2n) is 9.35. The van der Waals surface area contributed by atoms with Crippen molar-refractivity contribution in [3.63, 3.8) is 0 Å². The molecule has 0 saturated heterocycles. The number of rotatable bonds is 6. The molecule has 5 rings (SSSR count). The summed E-state index contributed by atoms with van der Waals surface area (Å²) in [7, 11) is 0. The van der Waals surface area contributed by atoms with Gasteiger partial charge in [-0.05, 0) is 47.4 Å². The third kappa shape index (κ3) is 6.27. The standard InChI is InChI=1S/C32H29N3O4/c1-32(27-15-9-4-10-16-27)20-19-26-21-28(17-18-29(26)33-32)35(31(37)39-23-25-13-7-3-8-14-25)34-30(36)38-22-24-11-5-2-6-12-24/h2-21,33H,22-23H2,1H3,(H,34,36)/t32-/m0/s1. The zero-order valence-electron chi connectivity index (χ0n) is 21.5. The number of nitrogens with zero attached hydrogens (tertiary/aromatic N) is 1. The lowest BCUT2D eigenvalue weighted by Crippen LogP contribution is -2.47. The van der Waals surface area contributed by atoms with Gasteiger partial charge in [-0.25, -0.2) is 15.0 Å². The second-order valence-corrected chi connectivity index (χ2v) is 9.35. The first-order valence-corrected chi connectivity index (χ1v) is 12.7. The van der Waals surface area contributed by atoms with Crippen molar-refractivity contribution in [3.8, 4) is 0 Å². The Bertz CT molecular complexity index is 1460. The molecule has 1 heterocycles. The van der Waals surface area contributed by atoms with Gasteiger partial charge in [-0.2, -0.15) is 5.01 Å². The number of amides is 2. The maximum atomic E-state index is 13.2. The predicted molar refractivity (Wildman–Crippen MR) is 152 cm³/mol. The molecule has 0 bridgehead atoms. The minimum absolute atomic E-state index is 0.0543. The quantitative estimate of drug-likeness (QED) is 0.268. The Morgan fingerprint density at radius 2 is 1.38 bits per heavy atom. The summed E-state index contributed by atoms with van der Waals surface area (Å²) in [5.74, 6) is 0. The van der Waals surface area contributed by atoms with Crippen LogP contribution in [0.5, 0.6) is 0 Å². The fraction of sp³-hybridized carbons (Fsp3) is 0.125. The zero-order chi connectivity index (χ0) is 27.1. The highest BCUT2D eigenvalue weighted by Gasteiger charge is 2.28. The number of nitrogens with one attached hydrogen (secondary N) is 2. The average Bonchev–Trinajstić information content (AvgIpc) is 2.99. The summed E-state index contributed by atoms with van der Waals surface area (Å²) in [6.07, 6.45) is 2.56. The smallest absolute Gasteiger partial charge is 0.433 e. The van der Waals surface area contributed by atoms with Crippen LogP contribution in [0.25, 0.3) is 6.08 Å². The monoisotopic (exact) mass is 519 g/mol. The van der Waals surface area contributed by atoms with E-state index in [-0.39, 0.29) is 18.8 Å². The molecule has 2 amide bonds. The molecule has 7 heteroatoms. The maximum absolute atomic E-state index is 13.2. The van der Waals surface area contributed by atoms with Gasteiger partial charge in [0.1, 0.15) is 13.2 Å². The van der Waals surface area contributed by atoms with E-state index in [0.29, 0.717) is 5.69 Å². The fourth-order valence-corrected chi connectivity index (χ4v) is 4.32. The van der Waals surface area contributed by atoms with E-state index in [1.165, 1.54) is 0 Å². The maximum Gasteiger partial charge on any atom is 0.433 e. The second kappa shape index (κ2) is 11.6. The summed E-state index contributed by atoms with van der Waals surface area (Å²) in [6, 6.07) is 34.3. The molecule has 0 aromatic heterocycles. The van der Waals surface area contributed by atoms with Crippen molar-refractivity contribution in [1.29, 1.82) is 0 Å². The molecule has 39 heavy (non-hydrogen) atoms. The van der Waals surface area contributed by atoms with Crippen LogP contribution in [0.1, 0.15) is 29.2 Å². The van der Waals surface area contributed by atoms with Gasteiger partial charge in [0.15, 0.2) is 0 Å². The highest BCUT2D eigenvalue weighted by atomic mass is 16.6. The zero-order valence-corrected chi connectivity index (χ0v) is 21.5. The van der Waals surface area contributed by atoms with Gasteiger partial charge in [0, 0.05) is 5.69 Å². The molecule has 0 aliphatic carbocycles. The van der Waals surface area contributed by atoms with Crippen LogP contribution >= 0.6 is 0 Å². The third-order valence-corrected chi connectivity index (χ3v) is 6.46. The van der Waals surface area contributed by atoms with Crippen molar-refractivity contribution in [2.24, 2.45) is 0 Å². The highest BCUT2D eigenvalue weighted by Crippen LogP contribution is 2.36. The lowest BCUT2D eigenvalue weighted by molar-refractivity contribution is 0.126. The van der Waals surface area contributed by atoms with Gasteiger partial charge >= 0.3 is 12.2 Å². The summed E-state index contributed by atoms with van der Waals surface area (Å²) in [5.41, 5.74) is 7.14. The molecule has 0 spiro atoms. The van der Waals surface area contributed by atoms with Gasteiger partial charge in [-0.1, -0.05) is 103 Å². The molecular formula is C32H29N3O4. The van der Waals surface area contributed by atoms with Crippen molar-refractivity contribution in [2.45, 2.75) is 25.7 Å². The molecule has 196 valence electrons. The summed E-state index contributed by atoms with van der Waals surface area (Å²) < 4.78 is 10.9. The van der Waals surface area contributed by atoms with Crippen molar-refractivity contribution in [3.05, 3.63) is 138 Å². The molecular weight excluding hydrogens is 490 g/mol. The normalized spacial score (nSPS) is 15.4. The molecule has 0 saturated carbocycles. The van der Waals surface area contributed by atoms with E-state index in [4.69, 9.17) is 9.47 Å².